The van der Waals surface area contributed by atoms with E-state index in [0.717, 1.165) is 43.5 Å². The number of esters is 1. The van der Waals surface area contributed by atoms with Crippen LogP contribution in [0.1, 0.15) is 42.3 Å². The smallest absolute Gasteiger partial charge is 0.375 e. The average Bonchev–Trinajstić information content (AvgIpc) is 2.97. The number of hydrogen-bond acceptors (Lipinski definition) is 5. The maximum atomic E-state index is 12.3. The van der Waals surface area contributed by atoms with E-state index in [9.17, 15) is 9.59 Å². The number of furan rings is 1. The van der Waals surface area contributed by atoms with E-state index in [1.165, 1.54) is 0 Å². The summed E-state index contributed by atoms with van der Waals surface area (Å²) in [5.41, 5.74) is 1.28. The number of ether oxygens (including phenoxy) is 2. The van der Waals surface area contributed by atoms with Crippen molar-refractivity contribution >= 4 is 22.8 Å². The Hall–Kier alpha value is -2.50. The molecular formula is C19H23NO5. The standard InChI is InChI=1S/C19H23NO5/c1-3-23-14-7-8-16-15(11-14)13(2)18(25-16)19(22)24-12-17(21)20-9-5-4-6-10-20/h7-8,11H,3-6,9-10,12H2,1-2H3. The first-order chi connectivity index (χ1) is 12.1. The lowest BCUT2D eigenvalue weighted by atomic mass is 10.1. The van der Waals surface area contributed by atoms with Crippen LogP contribution < -0.4 is 4.74 Å². The molecule has 1 aliphatic heterocycles. The van der Waals surface area contributed by atoms with Gasteiger partial charge in [0.15, 0.2) is 6.61 Å². The quantitative estimate of drug-likeness (QED) is 0.778. The minimum atomic E-state index is -0.614. The highest BCUT2D eigenvalue weighted by atomic mass is 16.5. The van der Waals surface area contributed by atoms with Crippen LogP contribution >= 0.6 is 0 Å². The summed E-state index contributed by atoms with van der Waals surface area (Å²) in [4.78, 5) is 26.2. The first-order valence-electron chi connectivity index (χ1n) is 8.71. The van der Waals surface area contributed by atoms with Crippen LogP contribution in [0.15, 0.2) is 22.6 Å². The molecule has 1 saturated heterocycles. The minimum absolute atomic E-state index is 0.134. The molecule has 2 heterocycles. The highest BCUT2D eigenvalue weighted by molar-refractivity contribution is 5.97. The Morgan fingerprint density at radius 2 is 1.96 bits per heavy atom. The Kier molecular flexibility index (Phi) is 5.26. The topological polar surface area (TPSA) is 69.0 Å². The molecule has 0 radical (unpaired) electrons. The molecule has 6 heteroatoms. The zero-order chi connectivity index (χ0) is 17.8. The third-order valence-electron chi connectivity index (χ3n) is 4.44. The molecule has 134 valence electrons. The first kappa shape index (κ1) is 17.3. The molecule has 0 unspecified atom stereocenters. The van der Waals surface area contributed by atoms with Crippen molar-refractivity contribution in [1.29, 1.82) is 0 Å². The molecular weight excluding hydrogens is 322 g/mol. The van der Waals surface area contributed by atoms with Crippen LogP contribution in [0.3, 0.4) is 0 Å². The molecule has 0 spiro atoms. The Bertz CT molecular complexity index is 773. The number of carbonyl (C=O) groups is 2. The molecule has 25 heavy (non-hydrogen) atoms. The molecule has 1 fully saturated rings. The monoisotopic (exact) mass is 345 g/mol. The molecule has 1 aromatic heterocycles. The predicted molar refractivity (Wildman–Crippen MR) is 92.8 cm³/mol. The van der Waals surface area contributed by atoms with Crippen LogP contribution in [0.5, 0.6) is 5.75 Å². The van der Waals surface area contributed by atoms with Crippen LogP contribution in [-0.4, -0.2) is 43.1 Å². The van der Waals surface area contributed by atoms with Gasteiger partial charge in [-0.1, -0.05) is 0 Å². The highest BCUT2D eigenvalue weighted by Gasteiger charge is 2.22. The Morgan fingerprint density at radius 1 is 1.20 bits per heavy atom. The first-order valence-corrected chi connectivity index (χ1v) is 8.71. The predicted octanol–water partition coefficient (Wildman–Crippen LogP) is 3.31. The van der Waals surface area contributed by atoms with Crippen LogP contribution in [0.25, 0.3) is 11.0 Å². The van der Waals surface area contributed by atoms with Gasteiger partial charge >= 0.3 is 5.97 Å². The number of benzene rings is 1. The van der Waals surface area contributed by atoms with Crippen molar-refractivity contribution in [2.45, 2.75) is 33.1 Å². The number of nitrogens with zero attached hydrogens (tertiary/aromatic N) is 1. The third-order valence-corrected chi connectivity index (χ3v) is 4.44. The van der Waals surface area contributed by atoms with E-state index in [0.29, 0.717) is 17.8 Å². The van der Waals surface area contributed by atoms with Gasteiger partial charge in [-0.2, -0.15) is 0 Å². The zero-order valence-corrected chi connectivity index (χ0v) is 14.7. The largest absolute Gasteiger partial charge is 0.494 e. The van der Waals surface area contributed by atoms with Gasteiger partial charge in [-0.3, -0.25) is 4.79 Å². The summed E-state index contributed by atoms with van der Waals surface area (Å²) < 4.78 is 16.3. The number of aryl methyl sites for hydroxylation is 1. The number of piperidine rings is 1. The molecule has 6 nitrogen and oxygen atoms in total. The summed E-state index contributed by atoms with van der Waals surface area (Å²) in [5, 5.41) is 0.806. The van der Waals surface area contributed by atoms with Gasteiger partial charge in [0.2, 0.25) is 5.76 Å². The SMILES string of the molecule is CCOc1ccc2oc(C(=O)OCC(=O)N3CCCCC3)c(C)c2c1. The van der Waals surface area contributed by atoms with Crippen molar-refractivity contribution in [2.75, 3.05) is 26.3 Å². The molecule has 3 rings (SSSR count). The normalized spacial score (nSPS) is 14.6. The van der Waals surface area contributed by atoms with Crippen LogP contribution in [-0.2, 0) is 9.53 Å². The van der Waals surface area contributed by atoms with E-state index in [1.807, 2.05) is 13.0 Å². The van der Waals surface area contributed by atoms with E-state index in [4.69, 9.17) is 13.9 Å². The summed E-state index contributed by atoms with van der Waals surface area (Å²) in [6, 6.07) is 5.40. The second-order valence-corrected chi connectivity index (χ2v) is 6.16. The van der Waals surface area contributed by atoms with Crippen molar-refractivity contribution in [2.24, 2.45) is 0 Å². The van der Waals surface area contributed by atoms with Gasteiger partial charge < -0.3 is 18.8 Å². The fourth-order valence-electron chi connectivity index (χ4n) is 3.08. The van der Waals surface area contributed by atoms with E-state index < -0.39 is 5.97 Å². The summed E-state index contributed by atoms with van der Waals surface area (Å²) >= 11 is 0. The number of hydrogen-bond donors (Lipinski definition) is 0. The summed E-state index contributed by atoms with van der Waals surface area (Å²) in [7, 11) is 0. The number of amides is 1. The third kappa shape index (κ3) is 3.78. The molecule has 1 aromatic carbocycles. The fraction of sp³-hybridized carbons (Fsp3) is 0.474. The van der Waals surface area contributed by atoms with E-state index >= 15 is 0 Å². The molecule has 2 aromatic rings. The Balaban J connectivity index is 1.69. The summed E-state index contributed by atoms with van der Waals surface area (Å²) in [5.74, 6) is 0.0895. The number of carbonyl (C=O) groups excluding carboxylic acids is 2. The lowest BCUT2D eigenvalue weighted by Crippen LogP contribution is -2.38. The number of rotatable bonds is 5. The van der Waals surface area contributed by atoms with Crippen molar-refractivity contribution < 1.29 is 23.5 Å². The van der Waals surface area contributed by atoms with Crippen molar-refractivity contribution in [1.82, 2.24) is 4.90 Å². The maximum absolute atomic E-state index is 12.3. The molecule has 1 aliphatic rings. The second kappa shape index (κ2) is 7.59. The van der Waals surface area contributed by atoms with Gasteiger partial charge in [0.25, 0.3) is 5.91 Å². The molecule has 0 N–H and O–H groups in total. The maximum Gasteiger partial charge on any atom is 0.375 e. The highest BCUT2D eigenvalue weighted by Crippen LogP contribution is 2.29. The van der Waals surface area contributed by atoms with Crippen LogP contribution in [0.2, 0.25) is 0 Å². The van der Waals surface area contributed by atoms with Gasteiger partial charge in [0, 0.05) is 24.0 Å². The van der Waals surface area contributed by atoms with Gasteiger partial charge in [0.1, 0.15) is 11.3 Å². The lowest BCUT2D eigenvalue weighted by Gasteiger charge is -2.26. The van der Waals surface area contributed by atoms with Crippen LogP contribution in [0, 0.1) is 6.92 Å². The molecule has 1 amide bonds. The van der Waals surface area contributed by atoms with Gasteiger partial charge in [-0.25, -0.2) is 4.79 Å². The Labute approximate surface area is 146 Å². The van der Waals surface area contributed by atoms with Crippen molar-refractivity contribution in [3.8, 4) is 5.75 Å². The lowest BCUT2D eigenvalue weighted by molar-refractivity contribution is -0.135. The number of likely N-dealkylation sites (tertiary alicyclic amines) is 1. The van der Waals surface area contributed by atoms with E-state index in [1.54, 1.807) is 24.0 Å². The van der Waals surface area contributed by atoms with Crippen molar-refractivity contribution in [3.63, 3.8) is 0 Å². The fourth-order valence-corrected chi connectivity index (χ4v) is 3.08. The summed E-state index contributed by atoms with van der Waals surface area (Å²) in [6.45, 7) is 5.50. The minimum Gasteiger partial charge on any atom is -0.494 e. The van der Waals surface area contributed by atoms with Crippen molar-refractivity contribution in [3.05, 3.63) is 29.5 Å². The van der Waals surface area contributed by atoms with E-state index in [2.05, 4.69) is 0 Å². The molecule has 0 atom stereocenters. The van der Waals surface area contributed by atoms with Gasteiger partial charge in [-0.15, -0.1) is 0 Å². The van der Waals surface area contributed by atoms with E-state index in [-0.39, 0.29) is 18.3 Å². The second-order valence-electron chi connectivity index (χ2n) is 6.16. The van der Waals surface area contributed by atoms with Crippen LogP contribution in [0.4, 0.5) is 0 Å². The molecule has 0 saturated carbocycles. The Morgan fingerprint density at radius 3 is 2.68 bits per heavy atom. The number of fused-ring (bicyclic) bond motifs is 1. The van der Waals surface area contributed by atoms with Gasteiger partial charge in [-0.05, 0) is 51.3 Å². The van der Waals surface area contributed by atoms with Gasteiger partial charge in [0.05, 0.1) is 6.61 Å². The molecule has 0 aliphatic carbocycles. The summed E-state index contributed by atoms with van der Waals surface area (Å²) in [6.07, 6.45) is 3.15. The average molecular weight is 345 g/mol. The zero-order valence-electron chi connectivity index (χ0n) is 14.7. The molecule has 0 bridgehead atoms.